The Balaban J connectivity index is 1.74. The molecular weight excluding hydrogens is 290 g/mol. The van der Waals surface area contributed by atoms with Gasteiger partial charge in [0.25, 0.3) is 0 Å². The highest BCUT2D eigenvalue weighted by molar-refractivity contribution is 5.80. The molecule has 1 amide bonds. The van der Waals surface area contributed by atoms with Crippen LogP contribution in [0.4, 0.5) is 0 Å². The number of hydrogen-bond donors (Lipinski definition) is 0. The average molecular weight is 313 g/mol. The minimum atomic E-state index is -0.315. The standard InChI is InChI=1S/C18H23N3O2/c1-13-10-20(11-14(2)23-13)18(22)15(3)21-12-17(9-19-21)16-7-5-4-6-8-16/h4-9,12-15H,10-11H2,1-3H3/t13-,14-,15-/m1/s1. The number of morpholine rings is 1. The number of hydrogen-bond acceptors (Lipinski definition) is 3. The fraction of sp³-hybridized carbons (Fsp3) is 0.444. The van der Waals surface area contributed by atoms with Gasteiger partial charge in [0.1, 0.15) is 6.04 Å². The first-order valence-corrected chi connectivity index (χ1v) is 8.08. The van der Waals surface area contributed by atoms with E-state index in [0.717, 1.165) is 11.1 Å². The van der Waals surface area contributed by atoms with E-state index in [1.54, 1.807) is 4.68 Å². The zero-order valence-corrected chi connectivity index (χ0v) is 13.8. The Kier molecular flexibility index (Phi) is 4.48. The number of benzene rings is 1. The third-order valence-corrected chi connectivity index (χ3v) is 4.19. The smallest absolute Gasteiger partial charge is 0.247 e. The van der Waals surface area contributed by atoms with Crippen LogP contribution in [0.3, 0.4) is 0 Å². The van der Waals surface area contributed by atoms with Crippen molar-refractivity contribution in [2.75, 3.05) is 13.1 Å². The Morgan fingerprint density at radius 2 is 1.83 bits per heavy atom. The fourth-order valence-electron chi connectivity index (χ4n) is 3.06. The summed E-state index contributed by atoms with van der Waals surface area (Å²) in [6, 6.07) is 9.75. The van der Waals surface area contributed by atoms with Gasteiger partial charge in [-0.05, 0) is 26.3 Å². The summed E-state index contributed by atoms with van der Waals surface area (Å²) in [6.07, 6.45) is 3.90. The molecule has 0 aliphatic carbocycles. The third-order valence-electron chi connectivity index (χ3n) is 4.19. The Labute approximate surface area is 136 Å². The van der Waals surface area contributed by atoms with Crippen LogP contribution in [0.5, 0.6) is 0 Å². The van der Waals surface area contributed by atoms with Crippen molar-refractivity contribution in [3.05, 3.63) is 42.7 Å². The molecule has 1 fully saturated rings. The minimum absolute atomic E-state index is 0.0763. The van der Waals surface area contributed by atoms with E-state index in [1.165, 1.54) is 0 Å². The first-order valence-electron chi connectivity index (χ1n) is 8.08. The Bertz CT molecular complexity index is 658. The second kappa shape index (κ2) is 6.54. The van der Waals surface area contributed by atoms with Gasteiger partial charge in [-0.15, -0.1) is 0 Å². The monoisotopic (exact) mass is 313 g/mol. The molecule has 2 heterocycles. The molecule has 0 radical (unpaired) electrons. The molecule has 2 aromatic rings. The van der Waals surface area contributed by atoms with Crippen molar-refractivity contribution in [3.63, 3.8) is 0 Å². The lowest BCUT2D eigenvalue weighted by atomic mass is 10.1. The quantitative estimate of drug-likeness (QED) is 0.875. The Morgan fingerprint density at radius 1 is 1.17 bits per heavy atom. The van der Waals surface area contributed by atoms with Crippen molar-refractivity contribution in [2.24, 2.45) is 0 Å². The first kappa shape index (κ1) is 15.7. The van der Waals surface area contributed by atoms with Crippen molar-refractivity contribution in [1.29, 1.82) is 0 Å². The normalized spacial score (nSPS) is 22.8. The van der Waals surface area contributed by atoms with Gasteiger partial charge in [0.05, 0.1) is 18.4 Å². The molecule has 122 valence electrons. The number of carbonyl (C=O) groups is 1. The zero-order valence-electron chi connectivity index (χ0n) is 13.8. The summed E-state index contributed by atoms with van der Waals surface area (Å²) in [5.41, 5.74) is 2.13. The molecule has 1 aromatic carbocycles. The average Bonchev–Trinajstić information content (AvgIpc) is 3.03. The molecule has 1 aliphatic heterocycles. The summed E-state index contributed by atoms with van der Waals surface area (Å²) < 4.78 is 7.44. The van der Waals surface area contributed by atoms with E-state index in [0.29, 0.717) is 13.1 Å². The molecule has 0 spiro atoms. The Hall–Kier alpha value is -2.14. The summed E-state index contributed by atoms with van der Waals surface area (Å²) in [6.45, 7) is 7.18. The number of nitrogens with zero attached hydrogens (tertiary/aromatic N) is 3. The first-order chi connectivity index (χ1) is 11.0. The van der Waals surface area contributed by atoms with Gasteiger partial charge in [-0.25, -0.2) is 0 Å². The third kappa shape index (κ3) is 3.45. The van der Waals surface area contributed by atoms with Gasteiger partial charge < -0.3 is 9.64 Å². The van der Waals surface area contributed by atoms with Crippen LogP contribution in [-0.4, -0.2) is 45.9 Å². The Morgan fingerprint density at radius 3 is 2.48 bits per heavy atom. The van der Waals surface area contributed by atoms with Gasteiger partial charge in [-0.3, -0.25) is 9.48 Å². The molecule has 0 saturated carbocycles. The zero-order chi connectivity index (χ0) is 16.4. The molecule has 1 aromatic heterocycles. The van der Waals surface area contributed by atoms with E-state index < -0.39 is 0 Å². The number of ether oxygens (including phenoxy) is 1. The van der Waals surface area contributed by atoms with Crippen molar-refractivity contribution < 1.29 is 9.53 Å². The summed E-state index contributed by atoms with van der Waals surface area (Å²) in [5.74, 6) is 0.0923. The number of rotatable bonds is 3. The summed E-state index contributed by atoms with van der Waals surface area (Å²) in [4.78, 5) is 14.6. The van der Waals surface area contributed by atoms with E-state index in [9.17, 15) is 4.79 Å². The van der Waals surface area contributed by atoms with Crippen LogP contribution in [0.15, 0.2) is 42.7 Å². The highest BCUT2D eigenvalue weighted by Gasteiger charge is 2.29. The van der Waals surface area contributed by atoms with Crippen LogP contribution in [0.2, 0.25) is 0 Å². The van der Waals surface area contributed by atoms with Crippen molar-refractivity contribution in [3.8, 4) is 11.1 Å². The number of carbonyl (C=O) groups excluding carboxylic acids is 1. The predicted molar refractivity (Wildman–Crippen MR) is 89.0 cm³/mol. The van der Waals surface area contributed by atoms with Crippen molar-refractivity contribution in [2.45, 2.75) is 39.0 Å². The molecule has 3 atom stereocenters. The van der Waals surface area contributed by atoms with Crippen molar-refractivity contribution >= 4 is 5.91 Å². The lowest BCUT2D eigenvalue weighted by Crippen LogP contribution is -2.50. The van der Waals surface area contributed by atoms with Gasteiger partial charge in [-0.1, -0.05) is 30.3 Å². The maximum Gasteiger partial charge on any atom is 0.247 e. The number of aromatic nitrogens is 2. The lowest BCUT2D eigenvalue weighted by molar-refractivity contribution is -0.146. The van der Waals surface area contributed by atoms with Crippen LogP contribution >= 0.6 is 0 Å². The number of amides is 1. The van der Waals surface area contributed by atoms with E-state index in [4.69, 9.17) is 4.74 Å². The molecule has 0 bridgehead atoms. The molecular formula is C18H23N3O2. The molecule has 0 N–H and O–H groups in total. The van der Waals surface area contributed by atoms with E-state index in [-0.39, 0.29) is 24.2 Å². The van der Waals surface area contributed by atoms with Crippen LogP contribution < -0.4 is 0 Å². The van der Waals surface area contributed by atoms with Gasteiger partial charge >= 0.3 is 0 Å². The molecule has 5 nitrogen and oxygen atoms in total. The van der Waals surface area contributed by atoms with E-state index >= 15 is 0 Å². The van der Waals surface area contributed by atoms with Gasteiger partial charge in [0.15, 0.2) is 0 Å². The van der Waals surface area contributed by atoms with Gasteiger partial charge in [-0.2, -0.15) is 5.10 Å². The van der Waals surface area contributed by atoms with Crippen LogP contribution in [0.1, 0.15) is 26.8 Å². The summed E-state index contributed by atoms with van der Waals surface area (Å²) in [7, 11) is 0. The molecule has 1 saturated heterocycles. The maximum absolute atomic E-state index is 12.7. The summed E-state index contributed by atoms with van der Waals surface area (Å²) >= 11 is 0. The summed E-state index contributed by atoms with van der Waals surface area (Å²) in [5, 5.41) is 4.38. The molecule has 0 unspecified atom stereocenters. The van der Waals surface area contributed by atoms with E-state index in [1.807, 2.05) is 68.4 Å². The van der Waals surface area contributed by atoms with E-state index in [2.05, 4.69) is 5.10 Å². The maximum atomic E-state index is 12.7. The lowest BCUT2D eigenvalue weighted by Gasteiger charge is -2.36. The van der Waals surface area contributed by atoms with Gasteiger partial charge in [0.2, 0.25) is 5.91 Å². The second-order valence-corrected chi connectivity index (χ2v) is 6.25. The topological polar surface area (TPSA) is 47.4 Å². The minimum Gasteiger partial charge on any atom is -0.372 e. The van der Waals surface area contributed by atoms with Crippen molar-refractivity contribution in [1.82, 2.24) is 14.7 Å². The van der Waals surface area contributed by atoms with Crippen LogP contribution in [0, 0.1) is 0 Å². The predicted octanol–water partition coefficient (Wildman–Crippen LogP) is 2.75. The second-order valence-electron chi connectivity index (χ2n) is 6.25. The SMILES string of the molecule is C[C@@H]1CN(C(=O)[C@@H](C)n2cc(-c3ccccc3)cn2)C[C@@H](C)O1. The largest absolute Gasteiger partial charge is 0.372 e. The fourth-order valence-corrected chi connectivity index (χ4v) is 3.06. The van der Waals surface area contributed by atoms with Gasteiger partial charge in [0, 0.05) is 24.8 Å². The van der Waals surface area contributed by atoms with Crippen LogP contribution in [0.25, 0.3) is 11.1 Å². The molecule has 1 aliphatic rings. The molecule has 5 heteroatoms. The van der Waals surface area contributed by atoms with Crippen LogP contribution in [-0.2, 0) is 9.53 Å². The highest BCUT2D eigenvalue weighted by Crippen LogP contribution is 2.21. The highest BCUT2D eigenvalue weighted by atomic mass is 16.5. The molecule has 3 rings (SSSR count). The molecule has 23 heavy (non-hydrogen) atoms.